The minimum absolute atomic E-state index is 0.121. The molecule has 2 unspecified atom stereocenters. The van der Waals surface area contributed by atoms with Crippen LogP contribution >= 0.6 is 0 Å². The van der Waals surface area contributed by atoms with Crippen molar-refractivity contribution in [3.05, 3.63) is 41.1 Å². The van der Waals surface area contributed by atoms with Gasteiger partial charge in [0.2, 0.25) is 0 Å². The fourth-order valence-corrected chi connectivity index (χ4v) is 3.01. The average molecular weight is 317 g/mol. The second-order valence-corrected chi connectivity index (χ2v) is 5.93. The summed E-state index contributed by atoms with van der Waals surface area (Å²) in [6, 6.07) is 5.57. The minimum atomic E-state index is -0.638. The summed E-state index contributed by atoms with van der Waals surface area (Å²) in [5.74, 6) is -0.0680. The third-order valence-corrected chi connectivity index (χ3v) is 4.15. The van der Waals surface area contributed by atoms with Gasteiger partial charge in [0.05, 0.1) is 30.0 Å². The van der Waals surface area contributed by atoms with Crippen molar-refractivity contribution in [1.82, 2.24) is 15.1 Å². The molecule has 0 aliphatic carbocycles. The lowest BCUT2D eigenvalue weighted by Crippen LogP contribution is -2.45. The van der Waals surface area contributed by atoms with E-state index < -0.39 is 12.1 Å². The Bertz CT molecular complexity index is 681. The summed E-state index contributed by atoms with van der Waals surface area (Å²) < 4.78 is 0. The zero-order valence-electron chi connectivity index (χ0n) is 13.0. The zero-order valence-corrected chi connectivity index (χ0v) is 13.0. The molecule has 0 radical (unpaired) electrons. The van der Waals surface area contributed by atoms with Crippen molar-refractivity contribution in [2.24, 2.45) is 0 Å². The number of nitrogens with zero attached hydrogens (tertiary/aromatic N) is 2. The molecule has 0 aromatic heterocycles. The number of aliphatic hydroxyl groups excluding tert-OH is 1. The van der Waals surface area contributed by atoms with Crippen molar-refractivity contribution in [2.45, 2.75) is 19.1 Å². The molecule has 1 aromatic rings. The molecule has 1 aromatic carbocycles. The SMILES string of the molecule is CC(O)CN1CC2=C(C1=O)C(c1ccc(O)cc1)NC(=O)N2C. The van der Waals surface area contributed by atoms with Crippen molar-refractivity contribution in [3.63, 3.8) is 0 Å². The number of benzene rings is 1. The molecule has 2 aliphatic heterocycles. The largest absolute Gasteiger partial charge is 0.508 e. The average Bonchev–Trinajstić information content (AvgIpc) is 2.81. The van der Waals surface area contributed by atoms with Gasteiger partial charge in [0.1, 0.15) is 5.75 Å². The number of phenolic OH excluding ortho intramolecular Hbond substituents is 1. The normalized spacial score (nSPS) is 22.3. The number of hydrogen-bond donors (Lipinski definition) is 3. The Morgan fingerprint density at radius 2 is 1.96 bits per heavy atom. The van der Waals surface area contributed by atoms with Crippen molar-refractivity contribution in [1.29, 1.82) is 0 Å². The van der Waals surface area contributed by atoms with E-state index in [1.807, 2.05) is 0 Å². The van der Waals surface area contributed by atoms with Crippen molar-refractivity contribution in [2.75, 3.05) is 20.1 Å². The van der Waals surface area contributed by atoms with Crippen LogP contribution in [0, 0.1) is 0 Å². The molecule has 23 heavy (non-hydrogen) atoms. The first kappa shape index (κ1) is 15.4. The second-order valence-electron chi connectivity index (χ2n) is 5.93. The summed E-state index contributed by atoms with van der Waals surface area (Å²) in [5, 5.41) is 21.8. The van der Waals surface area contributed by atoms with Crippen LogP contribution in [0.25, 0.3) is 0 Å². The fraction of sp³-hybridized carbons (Fsp3) is 0.375. The predicted octanol–water partition coefficient (Wildman–Crippen LogP) is 0.565. The minimum Gasteiger partial charge on any atom is -0.508 e. The van der Waals surface area contributed by atoms with E-state index in [-0.39, 0.29) is 24.2 Å². The summed E-state index contributed by atoms with van der Waals surface area (Å²) in [6.45, 7) is 2.14. The standard InChI is InChI=1S/C16H19N3O4/c1-9(20)7-19-8-12-13(15(19)22)14(17-16(23)18(12)2)10-3-5-11(21)6-4-10/h3-6,9,14,20-21H,7-8H2,1-2H3,(H,17,23). The number of β-amino-alcohol motifs (C(OH)–C–C–N with tert-alkyl or cyclic N) is 1. The molecular formula is C16H19N3O4. The summed E-state index contributed by atoms with van der Waals surface area (Å²) >= 11 is 0. The Balaban J connectivity index is 1.99. The summed E-state index contributed by atoms with van der Waals surface area (Å²) in [5.41, 5.74) is 1.89. The molecule has 2 aliphatic rings. The Labute approximate surface area is 133 Å². The number of phenols is 1. The molecule has 3 rings (SSSR count). The number of aliphatic hydroxyl groups is 1. The van der Waals surface area contributed by atoms with Gasteiger partial charge in [-0.1, -0.05) is 12.1 Å². The molecule has 122 valence electrons. The van der Waals surface area contributed by atoms with E-state index >= 15 is 0 Å². The molecule has 2 heterocycles. The first-order valence-electron chi connectivity index (χ1n) is 7.42. The molecule has 0 fully saturated rings. The smallest absolute Gasteiger partial charge is 0.322 e. The number of likely N-dealkylation sites (N-methyl/N-ethyl adjacent to an activating group) is 1. The zero-order chi connectivity index (χ0) is 16.7. The van der Waals surface area contributed by atoms with Gasteiger partial charge in [-0.2, -0.15) is 0 Å². The van der Waals surface area contributed by atoms with E-state index in [0.29, 0.717) is 17.8 Å². The first-order chi connectivity index (χ1) is 10.9. The van der Waals surface area contributed by atoms with Crippen LogP contribution in [0.1, 0.15) is 18.5 Å². The maximum atomic E-state index is 12.7. The molecule has 3 N–H and O–H groups in total. The van der Waals surface area contributed by atoms with Gasteiger partial charge in [-0.3, -0.25) is 9.69 Å². The number of urea groups is 1. The molecule has 7 heteroatoms. The third-order valence-electron chi connectivity index (χ3n) is 4.15. The van der Waals surface area contributed by atoms with E-state index in [4.69, 9.17) is 0 Å². The van der Waals surface area contributed by atoms with E-state index in [1.54, 1.807) is 31.0 Å². The molecular weight excluding hydrogens is 298 g/mol. The van der Waals surface area contributed by atoms with Crippen LogP contribution in [0.5, 0.6) is 5.75 Å². The quantitative estimate of drug-likeness (QED) is 0.759. The Hall–Kier alpha value is -2.54. The topological polar surface area (TPSA) is 93.1 Å². The summed E-state index contributed by atoms with van der Waals surface area (Å²) in [7, 11) is 1.62. The highest BCUT2D eigenvalue weighted by molar-refractivity contribution is 6.01. The van der Waals surface area contributed by atoms with Gasteiger partial charge in [-0.25, -0.2) is 4.79 Å². The predicted molar refractivity (Wildman–Crippen MR) is 82.4 cm³/mol. The second kappa shape index (κ2) is 5.58. The lowest BCUT2D eigenvalue weighted by atomic mass is 9.95. The molecule has 0 bridgehead atoms. The maximum Gasteiger partial charge on any atom is 0.322 e. The van der Waals surface area contributed by atoms with Crippen LogP contribution in [-0.4, -0.2) is 58.2 Å². The molecule has 3 amide bonds. The van der Waals surface area contributed by atoms with Gasteiger partial charge in [0.25, 0.3) is 5.91 Å². The van der Waals surface area contributed by atoms with Crippen LogP contribution < -0.4 is 5.32 Å². The maximum absolute atomic E-state index is 12.7. The van der Waals surface area contributed by atoms with Gasteiger partial charge in [-0.05, 0) is 24.6 Å². The van der Waals surface area contributed by atoms with Gasteiger partial charge in [-0.15, -0.1) is 0 Å². The summed E-state index contributed by atoms with van der Waals surface area (Å²) in [4.78, 5) is 27.9. The molecule has 0 spiro atoms. The van der Waals surface area contributed by atoms with Gasteiger partial charge in [0.15, 0.2) is 0 Å². The molecule has 7 nitrogen and oxygen atoms in total. The Kier molecular flexibility index (Phi) is 3.73. The molecule has 2 atom stereocenters. The van der Waals surface area contributed by atoms with Crippen molar-refractivity contribution >= 4 is 11.9 Å². The van der Waals surface area contributed by atoms with Crippen LogP contribution in [-0.2, 0) is 4.79 Å². The number of carbonyl (C=O) groups is 2. The Morgan fingerprint density at radius 1 is 1.30 bits per heavy atom. The number of hydrogen-bond acceptors (Lipinski definition) is 4. The van der Waals surface area contributed by atoms with E-state index in [9.17, 15) is 19.8 Å². The van der Waals surface area contributed by atoms with Crippen LogP contribution in [0.3, 0.4) is 0 Å². The highest BCUT2D eigenvalue weighted by atomic mass is 16.3. The van der Waals surface area contributed by atoms with Gasteiger partial charge in [0, 0.05) is 13.6 Å². The number of amides is 3. The number of aromatic hydroxyl groups is 1. The monoisotopic (exact) mass is 317 g/mol. The van der Waals surface area contributed by atoms with Crippen molar-refractivity contribution in [3.8, 4) is 5.75 Å². The van der Waals surface area contributed by atoms with Crippen molar-refractivity contribution < 1.29 is 19.8 Å². The van der Waals surface area contributed by atoms with Crippen LogP contribution in [0.2, 0.25) is 0 Å². The van der Waals surface area contributed by atoms with Gasteiger partial charge >= 0.3 is 6.03 Å². The van der Waals surface area contributed by atoms with Gasteiger partial charge < -0.3 is 20.4 Å². The highest BCUT2D eigenvalue weighted by Gasteiger charge is 2.42. The first-order valence-corrected chi connectivity index (χ1v) is 7.42. The lowest BCUT2D eigenvalue weighted by molar-refractivity contribution is -0.126. The third kappa shape index (κ3) is 2.63. The van der Waals surface area contributed by atoms with E-state index in [0.717, 1.165) is 5.56 Å². The van der Waals surface area contributed by atoms with E-state index in [1.165, 1.54) is 17.0 Å². The van der Waals surface area contributed by atoms with E-state index in [2.05, 4.69) is 5.32 Å². The number of nitrogens with one attached hydrogen (secondary N) is 1. The molecule has 0 saturated carbocycles. The van der Waals surface area contributed by atoms with Crippen LogP contribution in [0.15, 0.2) is 35.5 Å². The number of rotatable bonds is 3. The summed E-state index contributed by atoms with van der Waals surface area (Å²) in [6.07, 6.45) is -0.638. The number of carbonyl (C=O) groups excluding carboxylic acids is 2. The highest BCUT2D eigenvalue weighted by Crippen LogP contribution is 2.35. The Morgan fingerprint density at radius 3 is 2.57 bits per heavy atom. The lowest BCUT2D eigenvalue weighted by Gasteiger charge is -2.31. The molecule has 0 saturated heterocycles. The fourth-order valence-electron chi connectivity index (χ4n) is 3.01. The van der Waals surface area contributed by atoms with Crippen LogP contribution in [0.4, 0.5) is 4.79 Å².